The van der Waals surface area contributed by atoms with Gasteiger partial charge in [-0.15, -0.1) is 0 Å². The van der Waals surface area contributed by atoms with Crippen LogP contribution in [0.1, 0.15) is 43.9 Å². The Balaban J connectivity index is 1.68. The first-order valence-corrected chi connectivity index (χ1v) is 13.8. The first-order valence-electron chi connectivity index (χ1n) is 13.4. The Bertz CT molecular complexity index is 1190. The number of ether oxygens (including phenoxy) is 3. The van der Waals surface area contributed by atoms with E-state index in [-0.39, 0.29) is 11.3 Å². The molecule has 1 N–H and O–H groups in total. The number of morpholine rings is 1. The molecule has 39 heavy (non-hydrogen) atoms. The van der Waals surface area contributed by atoms with Crippen molar-refractivity contribution in [3.05, 3.63) is 64.2 Å². The van der Waals surface area contributed by atoms with Crippen molar-refractivity contribution in [3.8, 4) is 11.5 Å². The van der Waals surface area contributed by atoms with Gasteiger partial charge in [0.15, 0.2) is 11.5 Å². The van der Waals surface area contributed by atoms with E-state index in [1.807, 2.05) is 6.07 Å². The molecule has 0 aromatic heterocycles. The highest BCUT2D eigenvalue weighted by molar-refractivity contribution is 6.46. The molecule has 2 saturated heterocycles. The molecule has 1 unspecified atom stereocenters. The second kappa shape index (κ2) is 13.3. The molecule has 2 fully saturated rings. The van der Waals surface area contributed by atoms with Crippen molar-refractivity contribution < 1.29 is 28.9 Å². The van der Waals surface area contributed by atoms with E-state index in [1.54, 1.807) is 48.4 Å². The maximum Gasteiger partial charge on any atom is 0.295 e. The van der Waals surface area contributed by atoms with Crippen LogP contribution in [-0.4, -0.2) is 79.7 Å². The minimum atomic E-state index is -0.774. The molecule has 2 aromatic carbocycles. The Morgan fingerprint density at radius 1 is 1.08 bits per heavy atom. The number of Topliss-reactive ketones (excluding diaryl/α,β-unsaturated/α-hetero) is 1. The normalized spacial score (nSPS) is 19.6. The summed E-state index contributed by atoms with van der Waals surface area (Å²) in [6, 6.07) is 11.2. The highest BCUT2D eigenvalue weighted by atomic mass is 35.5. The van der Waals surface area contributed by atoms with Crippen LogP contribution in [0.25, 0.3) is 5.76 Å². The number of likely N-dealkylation sites (tertiary alicyclic amines) is 1. The molecule has 8 nitrogen and oxygen atoms in total. The van der Waals surface area contributed by atoms with Crippen LogP contribution in [0.15, 0.2) is 48.0 Å². The fourth-order valence-corrected chi connectivity index (χ4v) is 5.01. The van der Waals surface area contributed by atoms with Crippen LogP contribution in [0.2, 0.25) is 5.02 Å². The summed E-state index contributed by atoms with van der Waals surface area (Å²) in [5.41, 5.74) is 1.12. The highest BCUT2D eigenvalue weighted by Gasteiger charge is 2.46. The minimum Gasteiger partial charge on any atom is -0.507 e. The van der Waals surface area contributed by atoms with E-state index in [9.17, 15) is 14.7 Å². The summed E-state index contributed by atoms with van der Waals surface area (Å²) in [6.45, 7) is 9.01. The number of carbonyl (C=O) groups excluding carboxylic acids is 2. The summed E-state index contributed by atoms with van der Waals surface area (Å²) in [5.74, 6) is 0.0107. The first kappa shape index (κ1) is 28.9. The molecule has 0 radical (unpaired) electrons. The van der Waals surface area contributed by atoms with Gasteiger partial charge in [-0.3, -0.25) is 14.5 Å². The van der Waals surface area contributed by atoms with Crippen LogP contribution >= 0.6 is 11.6 Å². The highest BCUT2D eigenvalue weighted by Crippen LogP contribution is 2.42. The average molecular weight is 557 g/mol. The van der Waals surface area contributed by atoms with Crippen molar-refractivity contribution in [3.63, 3.8) is 0 Å². The van der Waals surface area contributed by atoms with Crippen LogP contribution in [0.5, 0.6) is 11.5 Å². The number of methoxy groups -OCH3 is 1. The van der Waals surface area contributed by atoms with E-state index >= 15 is 0 Å². The molecule has 2 aliphatic rings. The Hall–Kier alpha value is -3.07. The molecule has 0 aliphatic carbocycles. The van der Waals surface area contributed by atoms with Crippen LogP contribution < -0.4 is 9.47 Å². The average Bonchev–Trinajstić information content (AvgIpc) is 3.18. The van der Waals surface area contributed by atoms with Crippen LogP contribution in [0.3, 0.4) is 0 Å². The van der Waals surface area contributed by atoms with Crippen molar-refractivity contribution in [2.45, 2.75) is 32.7 Å². The zero-order valence-corrected chi connectivity index (χ0v) is 23.6. The van der Waals surface area contributed by atoms with E-state index in [1.165, 1.54) is 0 Å². The van der Waals surface area contributed by atoms with Gasteiger partial charge in [-0.2, -0.15) is 0 Å². The number of rotatable bonds is 11. The van der Waals surface area contributed by atoms with Gasteiger partial charge in [0, 0.05) is 36.8 Å². The summed E-state index contributed by atoms with van der Waals surface area (Å²) >= 11 is 6.03. The molecule has 0 spiro atoms. The van der Waals surface area contributed by atoms with Crippen molar-refractivity contribution in [2.75, 3.05) is 53.1 Å². The standard InChI is InChI=1S/C30H37ClN2O6/c1-20(2)11-16-39-24-10-7-22(19-25(24)37-3)27-26(28(34)21-5-8-23(31)9-6-21)29(35)30(36)33(27)13-4-12-32-14-17-38-18-15-32/h5-10,19-20,27,34H,4,11-18H2,1-3H3/b28-26+. The summed E-state index contributed by atoms with van der Waals surface area (Å²) < 4.78 is 17.0. The van der Waals surface area contributed by atoms with Crippen LogP contribution in [0, 0.1) is 5.92 Å². The first-order chi connectivity index (χ1) is 18.8. The number of ketones is 1. The Morgan fingerprint density at radius 3 is 2.46 bits per heavy atom. The topological polar surface area (TPSA) is 88.5 Å². The fourth-order valence-electron chi connectivity index (χ4n) is 4.89. The van der Waals surface area contributed by atoms with E-state index in [4.69, 9.17) is 25.8 Å². The lowest BCUT2D eigenvalue weighted by Gasteiger charge is -2.29. The number of halogens is 1. The quantitative estimate of drug-likeness (QED) is 0.239. The maximum absolute atomic E-state index is 13.4. The molecular formula is C30H37ClN2O6. The Labute approximate surface area is 235 Å². The van der Waals surface area contributed by atoms with Gasteiger partial charge in [0.05, 0.1) is 38.5 Å². The van der Waals surface area contributed by atoms with Gasteiger partial charge in [-0.05, 0) is 60.7 Å². The lowest BCUT2D eigenvalue weighted by Crippen LogP contribution is -2.39. The molecule has 2 aromatic rings. The molecule has 0 saturated carbocycles. The molecule has 210 valence electrons. The van der Waals surface area contributed by atoms with Gasteiger partial charge >= 0.3 is 0 Å². The largest absolute Gasteiger partial charge is 0.507 e. The third-order valence-corrected chi connectivity index (χ3v) is 7.34. The summed E-state index contributed by atoms with van der Waals surface area (Å²) in [4.78, 5) is 30.5. The molecule has 1 amide bonds. The maximum atomic E-state index is 13.4. The van der Waals surface area contributed by atoms with E-state index < -0.39 is 17.7 Å². The molecule has 4 rings (SSSR count). The van der Waals surface area contributed by atoms with E-state index in [0.29, 0.717) is 66.4 Å². The number of hydrogen-bond donors (Lipinski definition) is 1. The lowest BCUT2D eigenvalue weighted by molar-refractivity contribution is -0.140. The molecular weight excluding hydrogens is 520 g/mol. The van der Waals surface area contributed by atoms with E-state index in [0.717, 1.165) is 26.1 Å². The molecule has 9 heteroatoms. The SMILES string of the molecule is COc1cc(C2/C(=C(\O)c3ccc(Cl)cc3)C(=O)C(=O)N2CCCN2CCOCC2)ccc1OCCC(C)C. The smallest absolute Gasteiger partial charge is 0.295 e. The number of amides is 1. The predicted octanol–water partition coefficient (Wildman–Crippen LogP) is 4.92. The third-order valence-electron chi connectivity index (χ3n) is 7.09. The van der Waals surface area contributed by atoms with Gasteiger partial charge in [0.1, 0.15) is 5.76 Å². The zero-order valence-electron chi connectivity index (χ0n) is 22.8. The molecule has 2 aliphatic heterocycles. The second-order valence-corrected chi connectivity index (χ2v) is 10.7. The van der Waals surface area contributed by atoms with Gasteiger partial charge in [0.2, 0.25) is 0 Å². The van der Waals surface area contributed by atoms with Gasteiger partial charge in [-0.25, -0.2) is 0 Å². The number of nitrogens with zero attached hydrogens (tertiary/aromatic N) is 2. The zero-order chi connectivity index (χ0) is 27.9. The number of carbonyl (C=O) groups is 2. The van der Waals surface area contributed by atoms with Crippen molar-refractivity contribution >= 4 is 29.1 Å². The van der Waals surface area contributed by atoms with Crippen molar-refractivity contribution in [2.24, 2.45) is 5.92 Å². The lowest BCUT2D eigenvalue weighted by atomic mass is 9.95. The summed E-state index contributed by atoms with van der Waals surface area (Å²) in [6.07, 6.45) is 1.58. The van der Waals surface area contributed by atoms with Gasteiger partial charge in [0.25, 0.3) is 11.7 Å². The molecule has 0 bridgehead atoms. The van der Waals surface area contributed by atoms with Crippen LogP contribution in [-0.2, 0) is 14.3 Å². The second-order valence-electron chi connectivity index (χ2n) is 10.2. The Kier molecular flexibility index (Phi) is 9.88. The summed E-state index contributed by atoms with van der Waals surface area (Å²) in [7, 11) is 1.56. The number of benzene rings is 2. The van der Waals surface area contributed by atoms with E-state index in [2.05, 4.69) is 18.7 Å². The van der Waals surface area contributed by atoms with Gasteiger partial charge < -0.3 is 24.2 Å². The number of aliphatic hydroxyl groups excluding tert-OH is 1. The fraction of sp³-hybridized carbons (Fsp3) is 0.467. The third kappa shape index (κ3) is 6.93. The Morgan fingerprint density at radius 2 is 1.79 bits per heavy atom. The van der Waals surface area contributed by atoms with Crippen LogP contribution in [0.4, 0.5) is 0 Å². The van der Waals surface area contributed by atoms with Gasteiger partial charge in [-0.1, -0.05) is 31.5 Å². The monoisotopic (exact) mass is 556 g/mol. The summed E-state index contributed by atoms with van der Waals surface area (Å²) in [5, 5.41) is 11.8. The number of aliphatic hydroxyl groups is 1. The minimum absolute atomic E-state index is 0.0456. The van der Waals surface area contributed by atoms with Crippen molar-refractivity contribution in [1.82, 2.24) is 9.80 Å². The van der Waals surface area contributed by atoms with Crippen molar-refractivity contribution in [1.29, 1.82) is 0 Å². The number of hydrogen-bond acceptors (Lipinski definition) is 7. The predicted molar refractivity (Wildman–Crippen MR) is 150 cm³/mol. The molecule has 2 heterocycles. The molecule has 1 atom stereocenters.